The molecule has 0 amide bonds. The lowest BCUT2D eigenvalue weighted by molar-refractivity contribution is 0.0600. The maximum Gasteiger partial charge on any atom is 0.337 e. The molecule has 0 atom stereocenters. The Hall–Kier alpha value is -2.20. The first-order valence-electron chi connectivity index (χ1n) is 5.96. The largest absolute Gasteiger partial charge is 0.485 e. The number of carbonyl (C=O) groups is 1. The molecule has 104 valence electrons. The Balaban J connectivity index is 2.06. The van der Waals surface area contributed by atoms with E-state index in [1.54, 1.807) is 42.5 Å². The SMILES string of the molecule is COC(=O)c1ccc(COc2c(N)cccc2Cl)cc1. The number of benzene rings is 2. The van der Waals surface area contributed by atoms with Gasteiger partial charge in [-0.15, -0.1) is 0 Å². The standard InChI is InChI=1S/C15H14ClNO3/c1-19-15(18)11-7-5-10(6-8-11)9-20-14-12(16)3-2-4-13(14)17/h2-8H,9,17H2,1H3. The van der Waals surface area contributed by atoms with Crippen LogP contribution in [0.4, 0.5) is 5.69 Å². The Bertz CT molecular complexity index is 591. The monoisotopic (exact) mass is 291 g/mol. The van der Waals surface area contributed by atoms with Crippen LogP contribution in [-0.4, -0.2) is 13.1 Å². The van der Waals surface area contributed by atoms with E-state index in [2.05, 4.69) is 4.74 Å². The van der Waals surface area contributed by atoms with Crippen molar-refractivity contribution in [3.63, 3.8) is 0 Å². The van der Waals surface area contributed by atoms with Gasteiger partial charge in [0.05, 0.1) is 23.4 Å². The van der Waals surface area contributed by atoms with Gasteiger partial charge in [0.15, 0.2) is 5.75 Å². The van der Waals surface area contributed by atoms with E-state index < -0.39 is 0 Å². The Kier molecular flexibility index (Phi) is 4.48. The van der Waals surface area contributed by atoms with Gasteiger partial charge in [-0.1, -0.05) is 29.8 Å². The fourth-order valence-corrected chi connectivity index (χ4v) is 1.92. The van der Waals surface area contributed by atoms with Gasteiger partial charge < -0.3 is 15.2 Å². The van der Waals surface area contributed by atoms with Crippen molar-refractivity contribution in [1.82, 2.24) is 0 Å². The molecule has 0 aliphatic heterocycles. The summed E-state index contributed by atoms with van der Waals surface area (Å²) in [5, 5.41) is 0.469. The average molecular weight is 292 g/mol. The van der Waals surface area contributed by atoms with Crippen LogP contribution >= 0.6 is 11.6 Å². The molecule has 0 aliphatic rings. The number of nitrogen functional groups attached to an aromatic ring is 1. The zero-order valence-corrected chi connectivity index (χ0v) is 11.7. The summed E-state index contributed by atoms with van der Waals surface area (Å²) in [6.45, 7) is 0.315. The number of halogens is 1. The number of rotatable bonds is 4. The van der Waals surface area contributed by atoms with Crippen LogP contribution in [0.15, 0.2) is 42.5 Å². The van der Waals surface area contributed by atoms with Crippen LogP contribution < -0.4 is 10.5 Å². The fourth-order valence-electron chi connectivity index (χ4n) is 1.69. The number of methoxy groups -OCH3 is 1. The summed E-state index contributed by atoms with van der Waals surface area (Å²) >= 11 is 6.02. The molecule has 2 aromatic rings. The molecule has 0 spiro atoms. The lowest BCUT2D eigenvalue weighted by atomic mass is 10.1. The third-order valence-electron chi connectivity index (χ3n) is 2.76. The maximum absolute atomic E-state index is 11.3. The lowest BCUT2D eigenvalue weighted by Crippen LogP contribution is -2.02. The summed E-state index contributed by atoms with van der Waals surface area (Å²) in [6, 6.07) is 12.1. The molecular formula is C15H14ClNO3. The number of para-hydroxylation sites is 1. The van der Waals surface area contributed by atoms with Crippen molar-refractivity contribution in [3.05, 3.63) is 58.6 Å². The number of carbonyl (C=O) groups excluding carboxylic acids is 1. The highest BCUT2D eigenvalue weighted by atomic mass is 35.5. The van der Waals surface area contributed by atoms with Gasteiger partial charge in [-0.05, 0) is 29.8 Å². The van der Waals surface area contributed by atoms with E-state index in [0.717, 1.165) is 5.56 Å². The van der Waals surface area contributed by atoms with Crippen LogP contribution in [0.1, 0.15) is 15.9 Å². The Labute approximate surface area is 122 Å². The summed E-state index contributed by atoms with van der Waals surface area (Å²) in [5.74, 6) is 0.0963. The zero-order valence-electron chi connectivity index (χ0n) is 10.9. The zero-order chi connectivity index (χ0) is 14.5. The average Bonchev–Trinajstić information content (AvgIpc) is 2.46. The van der Waals surface area contributed by atoms with Gasteiger partial charge in [-0.25, -0.2) is 4.79 Å². The predicted molar refractivity (Wildman–Crippen MR) is 78.0 cm³/mol. The van der Waals surface area contributed by atoms with E-state index in [1.807, 2.05) is 0 Å². The van der Waals surface area contributed by atoms with Crippen molar-refractivity contribution >= 4 is 23.3 Å². The Morgan fingerprint density at radius 3 is 2.50 bits per heavy atom. The molecule has 5 heteroatoms. The first-order chi connectivity index (χ1) is 9.61. The number of esters is 1. The van der Waals surface area contributed by atoms with Crippen LogP contribution in [0.3, 0.4) is 0 Å². The van der Waals surface area contributed by atoms with Crippen molar-refractivity contribution in [1.29, 1.82) is 0 Å². The van der Waals surface area contributed by atoms with Gasteiger partial charge in [0.1, 0.15) is 6.61 Å². The van der Waals surface area contributed by atoms with Gasteiger partial charge in [-0.2, -0.15) is 0 Å². The molecule has 2 N–H and O–H groups in total. The topological polar surface area (TPSA) is 61.5 Å². The van der Waals surface area contributed by atoms with Gasteiger partial charge in [0.2, 0.25) is 0 Å². The number of nitrogens with two attached hydrogens (primary N) is 1. The quantitative estimate of drug-likeness (QED) is 0.693. The van der Waals surface area contributed by atoms with E-state index in [0.29, 0.717) is 28.6 Å². The van der Waals surface area contributed by atoms with E-state index >= 15 is 0 Å². The van der Waals surface area contributed by atoms with E-state index in [1.165, 1.54) is 7.11 Å². The minimum absolute atomic E-state index is 0.315. The number of hydrogen-bond acceptors (Lipinski definition) is 4. The summed E-state index contributed by atoms with van der Waals surface area (Å²) in [4.78, 5) is 11.3. The van der Waals surface area contributed by atoms with Crippen molar-refractivity contribution in [2.24, 2.45) is 0 Å². The summed E-state index contributed by atoms with van der Waals surface area (Å²) in [5.41, 5.74) is 7.68. The van der Waals surface area contributed by atoms with E-state index in [9.17, 15) is 4.79 Å². The highest BCUT2D eigenvalue weighted by molar-refractivity contribution is 6.32. The van der Waals surface area contributed by atoms with Crippen molar-refractivity contribution in [2.45, 2.75) is 6.61 Å². The van der Waals surface area contributed by atoms with E-state index in [4.69, 9.17) is 22.1 Å². The number of anilines is 1. The van der Waals surface area contributed by atoms with Gasteiger partial charge in [0.25, 0.3) is 0 Å². The smallest absolute Gasteiger partial charge is 0.337 e. The van der Waals surface area contributed by atoms with Crippen molar-refractivity contribution in [3.8, 4) is 5.75 Å². The molecule has 2 aromatic carbocycles. The van der Waals surface area contributed by atoms with E-state index in [-0.39, 0.29) is 5.97 Å². The molecule has 0 aliphatic carbocycles. The first kappa shape index (κ1) is 14.2. The second-order valence-corrected chi connectivity index (χ2v) is 4.54. The molecule has 0 aromatic heterocycles. The predicted octanol–water partition coefficient (Wildman–Crippen LogP) is 3.29. The fraction of sp³-hybridized carbons (Fsp3) is 0.133. The molecule has 4 nitrogen and oxygen atoms in total. The maximum atomic E-state index is 11.3. The molecule has 0 fully saturated rings. The van der Waals surface area contributed by atoms with Crippen LogP contribution in [0.2, 0.25) is 5.02 Å². The van der Waals surface area contributed by atoms with Gasteiger partial charge in [0, 0.05) is 0 Å². The third kappa shape index (κ3) is 3.22. The van der Waals surface area contributed by atoms with Gasteiger partial charge in [-0.3, -0.25) is 0 Å². The molecular weight excluding hydrogens is 278 g/mol. The third-order valence-corrected chi connectivity index (χ3v) is 3.05. The lowest BCUT2D eigenvalue weighted by Gasteiger charge is -2.10. The van der Waals surface area contributed by atoms with Crippen molar-refractivity contribution in [2.75, 3.05) is 12.8 Å². The molecule has 0 radical (unpaired) electrons. The summed E-state index contributed by atoms with van der Waals surface area (Å²) in [7, 11) is 1.35. The number of ether oxygens (including phenoxy) is 2. The number of hydrogen-bond donors (Lipinski definition) is 1. The van der Waals surface area contributed by atoms with Gasteiger partial charge >= 0.3 is 5.97 Å². The normalized spacial score (nSPS) is 10.1. The minimum Gasteiger partial charge on any atom is -0.485 e. The minimum atomic E-state index is -0.368. The molecule has 0 bridgehead atoms. The second kappa shape index (κ2) is 6.30. The molecule has 0 unspecified atom stereocenters. The van der Waals surface area contributed by atoms with Crippen molar-refractivity contribution < 1.29 is 14.3 Å². The molecule has 20 heavy (non-hydrogen) atoms. The highest BCUT2D eigenvalue weighted by Gasteiger charge is 2.07. The van der Waals surface area contributed by atoms with Crippen LogP contribution in [-0.2, 0) is 11.3 Å². The second-order valence-electron chi connectivity index (χ2n) is 4.14. The summed E-state index contributed by atoms with van der Waals surface area (Å²) in [6.07, 6.45) is 0. The molecule has 0 heterocycles. The molecule has 0 saturated carbocycles. The molecule has 0 saturated heterocycles. The highest BCUT2D eigenvalue weighted by Crippen LogP contribution is 2.31. The van der Waals surface area contributed by atoms with Crippen LogP contribution in [0.25, 0.3) is 0 Å². The van der Waals surface area contributed by atoms with Crippen LogP contribution in [0.5, 0.6) is 5.75 Å². The molecule has 2 rings (SSSR count). The Morgan fingerprint density at radius 2 is 1.90 bits per heavy atom. The van der Waals surface area contributed by atoms with Crippen LogP contribution in [0, 0.1) is 0 Å². The summed E-state index contributed by atoms with van der Waals surface area (Å²) < 4.78 is 10.2. The first-order valence-corrected chi connectivity index (χ1v) is 6.33. The Morgan fingerprint density at radius 1 is 1.20 bits per heavy atom.